The van der Waals surface area contributed by atoms with Crippen molar-refractivity contribution in [3.63, 3.8) is 0 Å². The summed E-state index contributed by atoms with van der Waals surface area (Å²) in [6.45, 7) is 16.1. The van der Waals surface area contributed by atoms with Crippen LogP contribution in [-0.2, 0) is 0 Å². The summed E-state index contributed by atoms with van der Waals surface area (Å²) in [6.07, 6.45) is 17.9. The van der Waals surface area contributed by atoms with Crippen LogP contribution in [0.1, 0.15) is 79.1 Å². The quantitative estimate of drug-likeness (QED) is 0.156. The first-order valence-electron chi connectivity index (χ1n) is 10.00. The van der Waals surface area contributed by atoms with E-state index in [4.69, 9.17) is 10.5 Å². The predicted molar refractivity (Wildman–Crippen MR) is 119 cm³/mol. The van der Waals surface area contributed by atoms with Crippen molar-refractivity contribution in [2.75, 3.05) is 0 Å². The Kier molecular flexibility index (Phi) is 20.3. The van der Waals surface area contributed by atoms with Gasteiger partial charge >= 0.3 is 0 Å². The first-order chi connectivity index (χ1) is 12.9. The molecule has 27 heavy (non-hydrogen) atoms. The van der Waals surface area contributed by atoms with Crippen LogP contribution in [0.5, 0.6) is 0 Å². The average Bonchev–Trinajstić information content (AvgIpc) is 2.66. The molecule has 0 saturated heterocycles. The molecule has 0 radical (unpaired) electrons. The lowest BCUT2D eigenvalue weighted by Crippen LogP contribution is -1.87. The van der Waals surface area contributed by atoms with E-state index in [1.54, 1.807) is 0 Å². The normalized spacial score (nSPS) is 14.0. The highest BCUT2D eigenvalue weighted by atomic mass is 16.4. The average molecular weight is 373 g/mol. The summed E-state index contributed by atoms with van der Waals surface area (Å²) in [5.74, 6) is 1.19. The topological polar surface area (TPSA) is 56.4 Å². The molecular formula is C24H40N2O. The fourth-order valence-electron chi connectivity index (χ4n) is 2.23. The predicted octanol–water partition coefficient (Wildman–Crippen LogP) is 7.61. The van der Waals surface area contributed by atoms with Gasteiger partial charge in [-0.2, -0.15) is 5.26 Å². The first kappa shape index (κ1) is 27.1. The second-order valence-electron chi connectivity index (χ2n) is 7.18. The molecule has 3 nitrogen and oxygen atoms in total. The molecule has 2 unspecified atom stereocenters. The molecular weight excluding hydrogens is 332 g/mol. The second kappa shape index (κ2) is 20.2. The van der Waals surface area contributed by atoms with Gasteiger partial charge in [0.1, 0.15) is 0 Å². The Morgan fingerprint density at radius 1 is 0.963 bits per heavy atom. The van der Waals surface area contributed by atoms with E-state index in [1.807, 2.05) is 12.2 Å². The third kappa shape index (κ3) is 21.9. The van der Waals surface area contributed by atoms with Gasteiger partial charge in [0.2, 0.25) is 0 Å². The lowest BCUT2D eigenvalue weighted by Gasteiger charge is -2.02. The minimum absolute atomic E-state index is 0.595. The van der Waals surface area contributed by atoms with E-state index >= 15 is 0 Å². The zero-order valence-corrected chi connectivity index (χ0v) is 18.0. The Morgan fingerprint density at radius 3 is 1.85 bits per heavy atom. The summed E-state index contributed by atoms with van der Waals surface area (Å²) in [7, 11) is 0. The molecule has 3 heteroatoms. The Hall–Kier alpha value is -2.08. The van der Waals surface area contributed by atoms with E-state index in [1.165, 1.54) is 17.4 Å². The zero-order chi connectivity index (χ0) is 20.9. The molecule has 0 spiro atoms. The second-order valence-corrected chi connectivity index (χ2v) is 7.18. The van der Waals surface area contributed by atoms with Crippen LogP contribution in [0.4, 0.5) is 0 Å². The Morgan fingerprint density at radius 2 is 1.44 bits per heavy atom. The van der Waals surface area contributed by atoms with Crippen molar-refractivity contribution in [1.82, 2.24) is 0 Å². The van der Waals surface area contributed by atoms with E-state index in [2.05, 4.69) is 64.2 Å². The number of hydrogen-bond donors (Lipinski definition) is 1. The smallest absolute Gasteiger partial charge is 0.0625 e. The molecule has 0 amide bonds. The van der Waals surface area contributed by atoms with Gasteiger partial charge in [-0.25, -0.2) is 0 Å². The van der Waals surface area contributed by atoms with Gasteiger partial charge in [-0.3, -0.25) is 0 Å². The summed E-state index contributed by atoms with van der Waals surface area (Å²) in [5, 5.41) is 19.5. The Labute approximate surface area is 167 Å². The van der Waals surface area contributed by atoms with Crippen LogP contribution in [-0.4, -0.2) is 11.4 Å². The molecule has 2 atom stereocenters. The SMILES string of the molecule is C=CC(C)CC/C=C(\C)CC/C=N\O.C=CC(C)CC/C=C(\C)CCC#N. The van der Waals surface area contributed by atoms with Crippen LogP contribution >= 0.6 is 0 Å². The molecule has 0 aliphatic rings. The number of hydrogen-bond acceptors (Lipinski definition) is 3. The fourth-order valence-corrected chi connectivity index (χ4v) is 2.23. The van der Waals surface area contributed by atoms with Crippen LogP contribution in [0, 0.1) is 23.2 Å². The fraction of sp³-hybridized carbons (Fsp3) is 0.583. The molecule has 152 valence electrons. The Balaban J connectivity index is 0. The molecule has 0 aromatic heterocycles. The van der Waals surface area contributed by atoms with Gasteiger partial charge in [0.05, 0.1) is 6.07 Å². The molecule has 0 bridgehead atoms. The van der Waals surface area contributed by atoms with Crippen molar-refractivity contribution in [2.45, 2.75) is 79.1 Å². The highest BCUT2D eigenvalue weighted by Gasteiger charge is 1.95. The molecule has 0 aromatic carbocycles. The van der Waals surface area contributed by atoms with E-state index in [0.717, 1.165) is 44.9 Å². The molecule has 0 aliphatic heterocycles. The minimum Gasteiger partial charge on any atom is -0.411 e. The van der Waals surface area contributed by atoms with Crippen LogP contribution in [0.15, 0.2) is 53.8 Å². The van der Waals surface area contributed by atoms with Crippen LogP contribution in [0.25, 0.3) is 0 Å². The molecule has 0 heterocycles. The maximum atomic E-state index is 8.38. The molecule has 0 rings (SSSR count). The first-order valence-corrected chi connectivity index (χ1v) is 10.00. The van der Waals surface area contributed by atoms with Crippen molar-refractivity contribution in [2.24, 2.45) is 17.0 Å². The number of nitriles is 1. The highest BCUT2D eigenvalue weighted by molar-refractivity contribution is 5.56. The summed E-state index contributed by atoms with van der Waals surface area (Å²) in [6, 6.07) is 2.15. The van der Waals surface area contributed by atoms with Gasteiger partial charge in [0.15, 0.2) is 0 Å². The van der Waals surface area contributed by atoms with E-state index in [9.17, 15) is 0 Å². The lowest BCUT2D eigenvalue weighted by atomic mass is 10.0. The van der Waals surface area contributed by atoms with Gasteiger partial charge in [-0.15, -0.1) is 18.3 Å². The molecule has 0 aromatic rings. The molecule has 0 saturated carbocycles. The maximum Gasteiger partial charge on any atom is 0.0625 e. The highest BCUT2D eigenvalue weighted by Crippen LogP contribution is 2.11. The molecule has 0 fully saturated rings. The van der Waals surface area contributed by atoms with Gasteiger partial charge in [0, 0.05) is 12.6 Å². The maximum absolute atomic E-state index is 8.38. The van der Waals surface area contributed by atoms with Crippen LogP contribution in [0.2, 0.25) is 0 Å². The van der Waals surface area contributed by atoms with E-state index in [0.29, 0.717) is 18.3 Å². The lowest BCUT2D eigenvalue weighted by molar-refractivity contribution is 0.320. The van der Waals surface area contributed by atoms with Gasteiger partial charge in [-0.1, -0.05) is 49.3 Å². The molecule has 0 aliphatic carbocycles. The summed E-state index contributed by atoms with van der Waals surface area (Å²) >= 11 is 0. The van der Waals surface area contributed by atoms with Crippen molar-refractivity contribution >= 4 is 6.21 Å². The van der Waals surface area contributed by atoms with Crippen molar-refractivity contribution in [3.8, 4) is 6.07 Å². The monoisotopic (exact) mass is 372 g/mol. The van der Waals surface area contributed by atoms with Gasteiger partial charge < -0.3 is 5.21 Å². The number of rotatable bonds is 13. The van der Waals surface area contributed by atoms with Crippen molar-refractivity contribution < 1.29 is 5.21 Å². The third-order valence-corrected chi connectivity index (χ3v) is 4.41. The number of oxime groups is 1. The van der Waals surface area contributed by atoms with Crippen LogP contribution < -0.4 is 0 Å². The van der Waals surface area contributed by atoms with Crippen molar-refractivity contribution in [1.29, 1.82) is 5.26 Å². The standard InChI is InChI=1S/C12H21NO.C12H19N/c1-4-11(2)7-5-8-12(3)9-6-10-13-14;1-4-11(2)7-5-8-12(3)9-6-10-13/h4,8,10-11,14H,1,5-7,9H2,2-3H3;4,8,11H,1,5-7,9H2,2-3H3/b12-8+,13-10-;12-8+. The third-order valence-electron chi connectivity index (χ3n) is 4.41. The Bertz CT molecular complexity index is 509. The summed E-state index contributed by atoms with van der Waals surface area (Å²) in [4.78, 5) is 0. The summed E-state index contributed by atoms with van der Waals surface area (Å²) in [5.41, 5.74) is 2.69. The minimum atomic E-state index is 0.595. The molecule has 1 N–H and O–H groups in total. The van der Waals surface area contributed by atoms with Gasteiger partial charge in [-0.05, 0) is 70.6 Å². The van der Waals surface area contributed by atoms with E-state index < -0.39 is 0 Å². The van der Waals surface area contributed by atoms with Crippen molar-refractivity contribution in [3.05, 3.63) is 48.6 Å². The number of allylic oxidation sites excluding steroid dienone is 6. The van der Waals surface area contributed by atoms with Crippen LogP contribution in [0.3, 0.4) is 0 Å². The van der Waals surface area contributed by atoms with E-state index in [-0.39, 0.29) is 0 Å². The van der Waals surface area contributed by atoms with Gasteiger partial charge in [0.25, 0.3) is 0 Å². The zero-order valence-electron chi connectivity index (χ0n) is 18.0. The largest absolute Gasteiger partial charge is 0.411 e. The summed E-state index contributed by atoms with van der Waals surface area (Å²) < 4.78 is 0. The number of nitrogens with zero attached hydrogens (tertiary/aromatic N) is 2.